The van der Waals surface area contributed by atoms with Crippen molar-refractivity contribution >= 4 is 17.4 Å². The Kier molecular flexibility index (Phi) is 4.24. The number of aliphatic hydroxyl groups excluding tert-OH is 1. The topological polar surface area (TPSA) is 36.4 Å². The fraction of sp³-hybridized carbons (Fsp3) is 0.615. The number of hydrogen-bond acceptors (Lipinski definition) is 3. The third kappa shape index (κ3) is 2.72. The average molecular weight is 255 g/mol. The van der Waals surface area contributed by atoms with E-state index in [-0.39, 0.29) is 6.61 Å². The Morgan fingerprint density at radius 3 is 2.71 bits per heavy atom. The molecule has 1 heterocycles. The number of hydrogen-bond donors (Lipinski definition) is 1. The van der Waals surface area contributed by atoms with Crippen molar-refractivity contribution in [3.63, 3.8) is 0 Å². The molecule has 2 rings (SSSR count). The molecular formula is C13H19ClN2O. The third-order valence-electron chi connectivity index (χ3n) is 3.44. The number of nitrogens with zero attached hydrogens (tertiary/aromatic N) is 2. The van der Waals surface area contributed by atoms with Gasteiger partial charge < -0.3 is 10.0 Å². The molecule has 0 aliphatic heterocycles. The van der Waals surface area contributed by atoms with E-state index in [0.717, 1.165) is 17.9 Å². The minimum absolute atomic E-state index is 0.0114. The smallest absolute Gasteiger partial charge is 0.147 e. The molecule has 0 amide bonds. The molecule has 1 N–H and O–H groups in total. The van der Waals surface area contributed by atoms with E-state index in [9.17, 15) is 0 Å². The van der Waals surface area contributed by atoms with Gasteiger partial charge in [0.2, 0.25) is 0 Å². The molecule has 0 unspecified atom stereocenters. The summed E-state index contributed by atoms with van der Waals surface area (Å²) in [7, 11) is 0. The number of halogens is 1. The summed E-state index contributed by atoms with van der Waals surface area (Å²) in [4.78, 5) is 6.69. The third-order valence-corrected chi connectivity index (χ3v) is 3.72. The van der Waals surface area contributed by atoms with E-state index in [1.54, 1.807) is 6.20 Å². The summed E-state index contributed by atoms with van der Waals surface area (Å²) in [6.07, 6.45) is 6.76. The van der Waals surface area contributed by atoms with Gasteiger partial charge in [-0.3, -0.25) is 0 Å². The van der Waals surface area contributed by atoms with Crippen molar-refractivity contribution in [1.82, 2.24) is 4.98 Å². The van der Waals surface area contributed by atoms with Crippen LogP contribution in [0.2, 0.25) is 5.02 Å². The van der Waals surface area contributed by atoms with E-state index in [1.807, 2.05) is 6.07 Å². The molecule has 0 atom stereocenters. The first-order chi connectivity index (χ1) is 8.26. The molecule has 94 valence electrons. The van der Waals surface area contributed by atoms with Gasteiger partial charge in [-0.1, -0.05) is 24.4 Å². The molecule has 1 aromatic rings. The fourth-order valence-corrected chi connectivity index (χ4v) is 2.86. The normalized spacial score (nSPS) is 16.4. The van der Waals surface area contributed by atoms with Crippen LogP contribution in [0.1, 0.15) is 38.2 Å². The zero-order valence-electron chi connectivity index (χ0n) is 10.2. The minimum Gasteiger partial charge on any atom is -0.392 e. The number of rotatable bonds is 4. The van der Waals surface area contributed by atoms with Crippen LogP contribution in [0, 0.1) is 0 Å². The minimum atomic E-state index is -0.0114. The predicted octanol–water partition coefficient (Wildman–Crippen LogP) is 3.00. The Bertz CT molecular complexity index is 378. The molecule has 0 saturated heterocycles. The maximum atomic E-state index is 9.05. The standard InChI is InChI=1S/C13H19ClN2O/c1-2-16(11-5-3-4-6-11)13-12(14)7-10(9-17)8-15-13/h7-8,11,17H,2-6,9H2,1H3. The van der Waals surface area contributed by atoms with E-state index in [4.69, 9.17) is 16.7 Å². The lowest BCUT2D eigenvalue weighted by atomic mass is 10.2. The van der Waals surface area contributed by atoms with Crippen LogP contribution in [0.3, 0.4) is 0 Å². The van der Waals surface area contributed by atoms with Crippen molar-refractivity contribution in [2.75, 3.05) is 11.4 Å². The summed E-state index contributed by atoms with van der Waals surface area (Å²) < 4.78 is 0. The van der Waals surface area contributed by atoms with Gasteiger partial charge in [-0.25, -0.2) is 4.98 Å². The fourth-order valence-electron chi connectivity index (χ4n) is 2.56. The largest absolute Gasteiger partial charge is 0.392 e. The lowest BCUT2D eigenvalue weighted by Gasteiger charge is -2.29. The van der Waals surface area contributed by atoms with Crippen LogP contribution < -0.4 is 4.90 Å². The van der Waals surface area contributed by atoms with Crippen molar-refractivity contribution in [2.24, 2.45) is 0 Å². The second kappa shape index (κ2) is 5.69. The second-order valence-corrected chi connectivity index (χ2v) is 4.94. The van der Waals surface area contributed by atoms with Gasteiger partial charge in [0.15, 0.2) is 0 Å². The Morgan fingerprint density at radius 1 is 1.47 bits per heavy atom. The van der Waals surface area contributed by atoms with Crippen molar-refractivity contribution in [3.05, 3.63) is 22.8 Å². The van der Waals surface area contributed by atoms with Crippen LogP contribution in [0.25, 0.3) is 0 Å². The molecule has 0 bridgehead atoms. The molecule has 1 fully saturated rings. The molecule has 1 saturated carbocycles. The summed E-state index contributed by atoms with van der Waals surface area (Å²) in [5.41, 5.74) is 0.765. The quantitative estimate of drug-likeness (QED) is 0.897. The second-order valence-electron chi connectivity index (χ2n) is 4.53. The molecule has 3 nitrogen and oxygen atoms in total. The first-order valence-corrected chi connectivity index (χ1v) is 6.66. The SMILES string of the molecule is CCN(c1ncc(CO)cc1Cl)C1CCCC1. The maximum absolute atomic E-state index is 9.05. The lowest BCUT2D eigenvalue weighted by molar-refractivity contribution is 0.281. The van der Waals surface area contributed by atoms with E-state index >= 15 is 0 Å². The molecule has 17 heavy (non-hydrogen) atoms. The van der Waals surface area contributed by atoms with Crippen molar-refractivity contribution in [2.45, 2.75) is 45.3 Å². The lowest BCUT2D eigenvalue weighted by Crippen LogP contribution is -2.33. The van der Waals surface area contributed by atoms with Crippen molar-refractivity contribution < 1.29 is 5.11 Å². The van der Waals surface area contributed by atoms with Gasteiger partial charge in [0.1, 0.15) is 5.82 Å². The van der Waals surface area contributed by atoms with Gasteiger partial charge in [0, 0.05) is 18.8 Å². The monoisotopic (exact) mass is 254 g/mol. The van der Waals surface area contributed by atoms with Crippen LogP contribution in [-0.2, 0) is 6.61 Å². The van der Waals surface area contributed by atoms with Gasteiger partial charge in [-0.15, -0.1) is 0 Å². The van der Waals surface area contributed by atoms with Crippen LogP contribution >= 0.6 is 11.6 Å². The van der Waals surface area contributed by atoms with E-state index < -0.39 is 0 Å². The first kappa shape index (κ1) is 12.7. The molecule has 1 aliphatic carbocycles. The molecule has 1 aromatic heterocycles. The molecule has 0 spiro atoms. The average Bonchev–Trinajstić information content (AvgIpc) is 2.85. The zero-order chi connectivity index (χ0) is 12.3. The first-order valence-electron chi connectivity index (χ1n) is 6.28. The van der Waals surface area contributed by atoms with Gasteiger partial charge >= 0.3 is 0 Å². The summed E-state index contributed by atoms with van der Waals surface area (Å²) in [6, 6.07) is 2.38. The number of anilines is 1. The summed E-state index contributed by atoms with van der Waals surface area (Å²) in [5.74, 6) is 0.860. The van der Waals surface area contributed by atoms with Crippen LogP contribution in [0.4, 0.5) is 5.82 Å². The van der Waals surface area contributed by atoms with E-state index in [2.05, 4.69) is 16.8 Å². The highest BCUT2D eigenvalue weighted by Gasteiger charge is 2.24. The van der Waals surface area contributed by atoms with Gasteiger partial charge in [-0.05, 0) is 31.4 Å². The van der Waals surface area contributed by atoms with Gasteiger partial charge in [-0.2, -0.15) is 0 Å². The van der Waals surface area contributed by atoms with Gasteiger partial charge in [0.25, 0.3) is 0 Å². The molecule has 0 aromatic carbocycles. The molecule has 4 heteroatoms. The summed E-state index contributed by atoms with van der Waals surface area (Å²) in [6.45, 7) is 3.05. The number of aliphatic hydroxyl groups is 1. The predicted molar refractivity (Wildman–Crippen MR) is 70.4 cm³/mol. The Morgan fingerprint density at radius 2 is 2.18 bits per heavy atom. The number of aromatic nitrogens is 1. The Hall–Kier alpha value is -0.800. The highest BCUT2D eigenvalue weighted by atomic mass is 35.5. The van der Waals surface area contributed by atoms with Crippen molar-refractivity contribution in [3.8, 4) is 0 Å². The summed E-state index contributed by atoms with van der Waals surface area (Å²) in [5, 5.41) is 9.69. The van der Waals surface area contributed by atoms with Crippen LogP contribution in [0.5, 0.6) is 0 Å². The van der Waals surface area contributed by atoms with Crippen LogP contribution in [0.15, 0.2) is 12.3 Å². The molecular weight excluding hydrogens is 236 g/mol. The summed E-state index contributed by atoms with van der Waals surface area (Å²) >= 11 is 6.24. The molecule has 1 aliphatic rings. The van der Waals surface area contributed by atoms with Crippen molar-refractivity contribution in [1.29, 1.82) is 0 Å². The van der Waals surface area contributed by atoms with E-state index in [0.29, 0.717) is 11.1 Å². The van der Waals surface area contributed by atoms with Gasteiger partial charge in [0.05, 0.1) is 11.6 Å². The number of pyridine rings is 1. The highest BCUT2D eigenvalue weighted by Crippen LogP contribution is 2.31. The Balaban J connectivity index is 2.23. The zero-order valence-corrected chi connectivity index (χ0v) is 11.0. The van der Waals surface area contributed by atoms with E-state index in [1.165, 1.54) is 25.7 Å². The maximum Gasteiger partial charge on any atom is 0.147 e. The molecule has 0 radical (unpaired) electrons. The Labute approximate surface area is 107 Å². The highest BCUT2D eigenvalue weighted by molar-refractivity contribution is 6.33. The van der Waals surface area contributed by atoms with Crippen LogP contribution in [-0.4, -0.2) is 22.7 Å².